The number of hydrogen-bond acceptors (Lipinski definition) is 3. The summed E-state index contributed by atoms with van der Waals surface area (Å²) in [6, 6.07) is 28.9. The Labute approximate surface area is 171 Å². The minimum Gasteiger partial charge on any atom is -0.294 e. The second-order valence-corrected chi connectivity index (χ2v) is 7.18. The molecule has 0 aromatic heterocycles. The van der Waals surface area contributed by atoms with Crippen molar-refractivity contribution < 1.29 is 4.79 Å². The van der Waals surface area contributed by atoms with Gasteiger partial charge in [0.15, 0.2) is 5.78 Å². The second-order valence-electron chi connectivity index (χ2n) is 6.71. The zero-order valence-corrected chi connectivity index (χ0v) is 16.5. The third-order valence-corrected chi connectivity index (χ3v) is 5.15. The summed E-state index contributed by atoms with van der Waals surface area (Å²) in [7, 11) is 0. The predicted octanol–water partition coefficient (Wildman–Crippen LogP) is 6.02. The molecule has 28 heavy (non-hydrogen) atoms. The van der Waals surface area contributed by atoms with Crippen molar-refractivity contribution in [2.75, 3.05) is 5.43 Å². The molecule has 0 radical (unpaired) electrons. The molecule has 0 bridgehead atoms. The Hall–Kier alpha value is -2.91. The minimum atomic E-state index is -0.411. The van der Waals surface area contributed by atoms with Gasteiger partial charge in [0.1, 0.15) is 0 Å². The second kappa shape index (κ2) is 9.86. The Kier molecular flexibility index (Phi) is 6.99. The van der Waals surface area contributed by atoms with Crippen LogP contribution in [0.4, 0.5) is 5.69 Å². The molecule has 0 spiro atoms. The summed E-state index contributed by atoms with van der Waals surface area (Å²) in [4.78, 5) is 12.6. The lowest BCUT2D eigenvalue weighted by molar-refractivity contribution is 0.0966. The van der Waals surface area contributed by atoms with E-state index < -0.39 is 5.38 Å². The fraction of sp³-hybridized carbons (Fsp3) is 0.167. The van der Waals surface area contributed by atoms with Crippen molar-refractivity contribution in [3.8, 4) is 0 Å². The van der Waals surface area contributed by atoms with Gasteiger partial charge in [-0.15, -0.1) is 11.6 Å². The fourth-order valence-electron chi connectivity index (χ4n) is 2.94. The molecule has 0 aliphatic heterocycles. The van der Waals surface area contributed by atoms with Crippen LogP contribution in [0.2, 0.25) is 0 Å². The molecular formula is C24H23ClN2O. The Morgan fingerprint density at radius 3 is 1.93 bits per heavy atom. The van der Waals surface area contributed by atoms with Gasteiger partial charge in [0, 0.05) is 12.0 Å². The zero-order chi connectivity index (χ0) is 19.8. The number of alkyl halides is 1. The van der Waals surface area contributed by atoms with E-state index in [-0.39, 0.29) is 11.7 Å². The quantitative estimate of drug-likeness (QED) is 0.221. The van der Waals surface area contributed by atoms with Gasteiger partial charge < -0.3 is 0 Å². The molecule has 0 heterocycles. The number of Topliss-reactive ketones (excluding diaryl/α,β-unsaturated/α-hetero) is 1. The van der Waals surface area contributed by atoms with Gasteiger partial charge in [-0.1, -0.05) is 85.8 Å². The summed E-state index contributed by atoms with van der Waals surface area (Å²) in [5, 5.41) is 4.18. The van der Waals surface area contributed by atoms with Crippen LogP contribution in [0.25, 0.3) is 0 Å². The van der Waals surface area contributed by atoms with Crippen LogP contribution >= 0.6 is 11.6 Å². The Morgan fingerprint density at radius 2 is 1.36 bits per heavy atom. The molecule has 2 unspecified atom stereocenters. The average Bonchev–Trinajstić information content (AvgIpc) is 2.75. The van der Waals surface area contributed by atoms with E-state index in [1.54, 1.807) is 0 Å². The van der Waals surface area contributed by atoms with Crippen LogP contribution in [0.15, 0.2) is 96.1 Å². The highest BCUT2D eigenvalue weighted by Crippen LogP contribution is 2.23. The number of nitrogens with one attached hydrogen (secondary N) is 1. The highest BCUT2D eigenvalue weighted by atomic mass is 35.5. The molecule has 0 aliphatic carbocycles. The molecule has 0 saturated heterocycles. The van der Waals surface area contributed by atoms with Crippen LogP contribution in [0, 0.1) is 5.92 Å². The summed E-state index contributed by atoms with van der Waals surface area (Å²) < 4.78 is 0. The van der Waals surface area contributed by atoms with Gasteiger partial charge in [-0.3, -0.25) is 10.2 Å². The van der Waals surface area contributed by atoms with E-state index in [0.717, 1.165) is 17.0 Å². The summed E-state index contributed by atoms with van der Waals surface area (Å²) in [6.45, 7) is 1.99. The first-order chi connectivity index (χ1) is 13.6. The van der Waals surface area contributed by atoms with Gasteiger partial charge in [-0.25, -0.2) is 0 Å². The maximum absolute atomic E-state index is 12.6. The van der Waals surface area contributed by atoms with E-state index >= 15 is 0 Å². The number of anilines is 1. The molecule has 3 aromatic carbocycles. The van der Waals surface area contributed by atoms with Gasteiger partial charge >= 0.3 is 0 Å². The number of ketones is 1. The van der Waals surface area contributed by atoms with Crippen LogP contribution < -0.4 is 5.43 Å². The van der Waals surface area contributed by atoms with Gasteiger partial charge in [-0.2, -0.15) is 5.10 Å². The fourth-order valence-corrected chi connectivity index (χ4v) is 3.20. The molecule has 2 atom stereocenters. The molecule has 3 nitrogen and oxygen atoms in total. The molecule has 0 aliphatic rings. The van der Waals surface area contributed by atoms with Crippen molar-refractivity contribution in [2.45, 2.75) is 18.7 Å². The van der Waals surface area contributed by atoms with E-state index in [1.807, 2.05) is 97.9 Å². The van der Waals surface area contributed by atoms with Crippen molar-refractivity contribution >= 4 is 28.8 Å². The largest absolute Gasteiger partial charge is 0.294 e. The number of carbonyl (C=O) groups excluding carboxylic acids is 1. The maximum atomic E-state index is 12.6. The zero-order valence-electron chi connectivity index (χ0n) is 15.8. The van der Waals surface area contributed by atoms with Crippen LogP contribution in [0.5, 0.6) is 0 Å². The third-order valence-electron chi connectivity index (χ3n) is 4.51. The van der Waals surface area contributed by atoms with E-state index in [0.29, 0.717) is 12.0 Å². The predicted molar refractivity (Wildman–Crippen MR) is 117 cm³/mol. The Morgan fingerprint density at radius 1 is 0.857 bits per heavy atom. The number of para-hydroxylation sites is 1. The van der Waals surface area contributed by atoms with Crippen molar-refractivity contribution in [1.82, 2.24) is 0 Å². The van der Waals surface area contributed by atoms with Crippen LogP contribution in [-0.2, 0) is 0 Å². The Bertz CT molecular complexity index is 911. The average molecular weight is 391 g/mol. The number of hydrogen-bond donors (Lipinski definition) is 1. The lowest BCUT2D eigenvalue weighted by Gasteiger charge is -2.20. The molecule has 142 valence electrons. The van der Waals surface area contributed by atoms with Crippen molar-refractivity contribution in [3.63, 3.8) is 0 Å². The summed E-state index contributed by atoms with van der Waals surface area (Å²) in [6.07, 6.45) is 0.357. The molecular weight excluding hydrogens is 368 g/mol. The van der Waals surface area contributed by atoms with Gasteiger partial charge in [0.05, 0.1) is 16.8 Å². The van der Waals surface area contributed by atoms with E-state index in [1.165, 1.54) is 0 Å². The van der Waals surface area contributed by atoms with Gasteiger partial charge in [0.25, 0.3) is 0 Å². The molecule has 4 heteroatoms. The number of nitrogens with zero attached hydrogens (tertiary/aromatic N) is 1. The molecule has 3 aromatic rings. The van der Waals surface area contributed by atoms with Crippen molar-refractivity contribution in [3.05, 3.63) is 102 Å². The number of halogens is 1. The highest BCUT2D eigenvalue weighted by molar-refractivity contribution is 6.35. The normalized spacial score (nSPS) is 13.6. The first-order valence-electron chi connectivity index (χ1n) is 9.31. The number of benzene rings is 3. The lowest BCUT2D eigenvalue weighted by Crippen LogP contribution is -2.26. The van der Waals surface area contributed by atoms with E-state index in [2.05, 4.69) is 10.5 Å². The number of rotatable bonds is 8. The van der Waals surface area contributed by atoms with E-state index in [9.17, 15) is 4.79 Å². The van der Waals surface area contributed by atoms with Crippen LogP contribution in [0.3, 0.4) is 0 Å². The first-order valence-corrected chi connectivity index (χ1v) is 9.75. The third kappa shape index (κ3) is 5.30. The highest BCUT2D eigenvalue weighted by Gasteiger charge is 2.25. The molecule has 3 rings (SSSR count). The minimum absolute atomic E-state index is 0.0779. The standard InChI is InChI=1S/C24H23ClN2O/c1-18(17-22(28)19-11-5-2-6-12-19)23(25)24(20-13-7-3-8-14-20)27-26-21-15-9-4-10-16-21/h2-16,18,23,26H,17H2,1H3. The van der Waals surface area contributed by atoms with Crippen molar-refractivity contribution in [2.24, 2.45) is 11.0 Å². The molecule has 0 amide bonds. The van der Waals surface area contributed by atoms with Crippen molar-refractivity contribution in [1.29, 1.82) is 0 Å². The summed E-state index contributed by atoms with van der Waals surface area (Å²) >= 11 is 6.81. The van der Waals surface area contributed by atoms with Crippen LogP contribution in [0.1, 0.15) is 29.3 Å². The van der Waals surface area contributed by atoms with Gasteiger partial charge in [-0.05, 0) is 23.6 Å². The number of hydrazone groups is 1. The summed E-state index contributed by atoms with van der Waals surface area (Å²) in [5.74, 6) is 0.00748. The molecule has 0 fully saturated rings. The Balaban J connectivity index is 1.79. The number of carbonyl (C=O) groups is 1. The summed E-state index contributed by atoms with van der Waals surface area (Å²) in [5.41, 5.74) is 6.33. The monoisotopic (exact) mass is 390 g/mol. The van der Waals surface area contributed by atoms with Gasteiger partial charge in [0.2, 0.25) is 0 Å². The van der Waals surface area contributed by atoms with Crippen LogP contribution in [-0.4, -0.2) is 16.9 Å². The smallest absolute Gasteiger partial charge is 0.163 e. The molecule has 1 N–H and O–H groups in total. The molecule has 0 saturated carbocycles. The SMILES string of the molecule is CC(CC(=O)c1ccccc1)C(Cl)C(=NNc1ccccc1)c1ccccc1. The van der Waals surface area contributed by atoms with E-state index in [4.69, 9.17) is 11.6 Å². The topological polar surface area (TPSA) is 41.5 Å². The maximum Gasteiger partial charge on any atom is 0.163 e. The lowest BCUT2D eigenvalue weighted by atomic mass is 9.92. The first kappa shape index (κ1) is 19.8.